The van der Waals surface area contributed by atoms with Gasteiger partial charge in [0.05, 0.1) is 21.8 Å². The quantitative estimate of drug-likeness (QED) is 0.805. The molecule has 22 heavy (non-hydrogen) atoms. The molecule has 5 nitrogen and oxygen atoms in total. The minimum Gasteiger partial charge on any atom is -0.465 e. The lowest BCUT2D eigenvalue weighted by atomic mass is 10.3. The van der Waals surface area contributed by atoms with Crippen LogP contribution in [0.3, 0.4) is 0 Å². The van der Waals surface area contributed by atoms with E-state index in [-0.39, 0.29) is 24.3 Å². The minimum atomic E-state index is -0.373. The van der Waals surface area contributed by atoms with Gasteiger partial charge in [0, 0.05) is 5.92 Å². The van der Waals surface area contributed by atoms with Crippen molar-refractivity contribution in [3.05, 3.63) is 28.0 Å². The maximum Gasteiger partial charge on any atom is 0.326 e. The Morgan fingerprint density at radius 2 is 2.23 bits per heavy atom. The highest BCUT2D eigenvalue weighted by molar-refractivity contribution is 7.16. The summed E-state index contributed by atoms with van der Waals surface area (Å²) in [6.07, 6.45) is 1.79. The normalized spacial score (nSPS) is 15.3. The van der Waals surface area contributed by atoms with Crippen molar-refractivity contribution in [2.24, 2.45) is 10.9 Å². The van der Waals surface area contributed by atoms with Crippen LogP contribution in [0, 0.1) is 5.92 Å². The smallest absolute Gasteiger partial charge is 0.326 e. The Kier molecular flexibility index (Phi) is 4.31. The van der Waals surface area contributed by atoms with Crippen LogP contribution in [0.15, 0.2) is 23.2 Å². The summed E-state index contributed by atoms with van der Waals surface area (Å²) in [7, 11) is 0. The predicted octanol–water partition coefficient (Wildman–Crippen LogP) is 2.76. The molecule has 3 rings (SSSR count). The first-order chi connectivity index (χ1) is 10.6. The van der Waals surface area contributed by atoms with Crippen molar-refractivity contribution in [1.82, 2.24) is 4.57 Å². The van der Waals surface area contributed by atoms with Crippen molar-refractivity contribution in [1.29, 1.82) is 0 Å². The third-order valence-electron chi connectivity index (χ3n) is 3.38. The number of halogens is 1. The van der Waals surface area contributed by atoms with E-state index in [2.05, 4.69) is 4.99 Å². The van der Waals surface area contributed by atoms with Gasteiger partial charge in [0.1, 0.15) is 6.54 Å². The lowest BCUT2D eigenvalue weighted by molar-refractivity contribution is -0.143. The number of benzene rings is 1. The van der Waals surface area contributed by atoms with E-state index in [9.17, 15) is 9.59 Å². The van der Waals surface area contributed by atoms with Gasteiger partial charge in [-0.25, -0.2) is 0 Å². The van der Waals surface area contributed by atoms with Crippen molar-refractivity contribution in [2.75, 3.05) is 6.61 Å². The van der Waals surface area contributed by atoms with Gasteiger partial charge in [0.25, 0.3) is 5.91 Å². The second-order valence-electron chi connectivity index (χ2n) is 5.09. The van der Waals surface area contributed by atoms with Crippen LogP contribution >= 0.6 is 22.9 Å². The summed E-state index contributed by atoms with van der Waals surface area (Å²) in [6, 6.07) is 5.49. The highest BCUT2D eigenvalue weighted by Crippen LogP contribution is 2.30. The molecule has 1 heterocycles. The number of carbonyl (C=O) groups is 2. The number of carbonyl (C=O) groups excluding carboxylic acids is 2. The van der Waals surface area contributed by atoms with Gasteiger partial charge in [-0.2, -0.15) is 4.99 Å². The molecule has 0 spiro atoms. The molecular formula is C15H15ClN2O3S. The molecule has 0 aliphatic heterocycles. The van der Waals surface area contributed by atoms with E-state index in [4.69, 9.17) is 16.3 Å². The van der Waals surface area contributed by atoms with Crippen LogP contribution in [0.1, 0.15) is 19.8 Å². The van der Waals surface area contributed by atoms with Gasteiger partial charge in [0.2, 0.25) is 0 Å². The Morgan fingerprint density at radius 1 is 1.45 bits per heavy atom. The molecule has 1 saturated carbocycles. The zero-order valence-electron chi connectivity index (χ0n) is 12.0. The molecule has 2 aromatic rings. The average molecular weight is 339 g/mol. The summed E-state index contributed by atoms with van der Waals surface area (Å²) in [5, 5.41) is 0.526. The molecule has 0 bridgehead atoms. The monoisotopic (exact) mass is 338 g/mol. The molecule has 0 atom stereocenters. The maximum absolute atomic E-state index is 12.0. The van der Waals surface area contributed by atoms with Crippen LogP contribution in [-0.4, -0.2) is 23.1 Å². The number of thiazole rings is 1. The Morgan fingerprint density at radius 3 is 2.91 bits per heavy atom. The van der Waals surface area contributed by atoms with Crippen molar-refractivity contribution >= 4 is 45.0 Å². The number of ether oxygens (including phenoxy) is 1. The van der Waals surface area contributed by atoms with Crippen LogP contribution < -0.4 is 4.80 Å². The zero-order valence-corrected chi connectivity index (χ0v) is 13.6. The molecule has 7 heteroatoms. The minimum absolute atomic E-state index is 0.00560. The van der Waals surface area contributed by atoms with Gasteiger partial charge in [-0.15, -0.1) is 0 Å². The first kappa shape index (κ1) is 15.2. The summed E-state index contributed by atoms with van der Waals surface area (Å²) >= 11 is 7.61. The molecule has 0 N–H and O–H groups in total. The summed E-state index contributed by atoms with van der Waals surface area (Å²) in [5.74, 6) is -0.459. The van der Waals surface area contributed by atoms with E-state index in [1.54, 1.807) is 17.6 Å². The van der Waals surface area contributed by atoms with Crippen LogP contribution in [0.5, 0.6) is 0 Å². The van der Waals surface area contributed by atoms with E-state index in [1.165, 1.54) is 11.3 Å². The SMILES string of the molecule is CCOC(=O)Cn1c(=NC(=O)C2CC2)sc2cccc(Cl)c21. The Hall–Kier alpha value is -1.66. The summed E-state index contributed by atoms with van der Waals surface area (Å²) in [6.45, 7) is 2.06. The molecule has 1 aromatic carbocycles. The van der Waals surface area contributed by atoms with E-state index in [0.717, 1.165) is 17.5 Å². The van der Waals surface area contributed by atoms with Crippen LogP contribution in [0.25, 0.3) is 10.2 Å². The van der Waals surface area contributed by atoms with E-state index in [1.807, 2.05) is 12.1 Å². The second kappa shape index (κ2) is 6.22. The van der Waals surface area contributed by atoms with Crippen LogP contribution in [0.2, 0.25) is 5.02 Å². The number of para-hydroxylation sites is 1. The number of esters is 1. The first-order valence-corrected chi connectivity index (χ1v) is 8.31. The van der Waals surface area contributed by atoms with E-state index < -0.39 is 0 Å². The number of rotatable bonds is 4. The van der Waals surface area contributed by atoms with Crippen molar-refractivity contribution in [3.63, 3.8) is 0 Å². The summed E-state index contributed by atoms with van der Waals surface area (Å²) < 4.78 is 7.55. The number of fused-ring (bicyclic) bond motifs is 1. The summed E-state index contributed by atoms with van der Waals surface area (Å²) in [5.41, 5.74) is 0.713. The molecule has 1 aromatic heterocycles. The van der Waals surface area contributed by atoms with Gasteiger partial charge in [-0.05, 0) is 31.9 Å². The number of hydrogen-bond donors (Lipinski definition) is 0. The third-order valence-corrected chi connectivity index (χ3v) is 4.73. The fraction of sp³-hybridized carbons (Fsp3) is 0.400. The second-order valence-corrected chi connectivity index (χ2v) is 6.50. The Labute approximate surface area is 136 Å². The van der Waals surface area contributed by atoms with Crippen LogP contribution in [0.4, 0.5) is 0 Å². The average Bonchev–Trinajstić information content (AvgIpc) is 3.25. The molecule has 0 radical (unpaired) electrons. The highest BCUT2D eigenvalue weighted by atomic mass is 35.5. The number of aromatic nitrogens is 1. The number of nitrogens with zero attached hydrogens (tertiary/aromatic N) is 2. The van der Waals surface area contributed by atoms with Crippen LogP contribution in [-0.2, 0) is 20.9 Å². The fourth-order valence-corrected chi connectivity index (χ4v) is 3.56. The standard InChI is InChI=1S/C15H15ClN2O3S/c1-2-21-12(19)8-18-13-10(16)4-3-5-11(13)22-15(18)17-14(20)9-6-7-9/h3-5,9H,2,6-8H2,1H3. The number of amides is 1. The first-order valence-electron chi connectivity index (χ1n) is 7.12. The van der Waals surface area contributed by atoms with Crippen molar-refractivity contribution < 1.29 is 14.3 Å². The lowest BCUT2D eigenvalue weighted by Crippen LogP contribution is -2.23. The topological polar surface area (TPSA) is 60.7 Å². The molecule has 0 saturated heterocycles. The van der Waals surface area contributed by atoms with Crippen molar-refractivity contribution in [3.8, 4) is 0 Å². The molecule has 1 fully saturated rings. The van der Waals surface area contributed by atoms with E-state index in [0.29, 0.717) is 21.9 Å². The van der Waals surface area contributed by atoms with E-state index >= 15 is 0 Å². The molecule has 0 unspecified atom stereocenters. The molecule has 1 aliphatic rings. The molecule has 116 valence electrons. The summed E-state index contributed by atoms with van der Waals surface area (Å²) in [4.78, 5) is 28.5. The Bertz CT molecular complexity index is 805. The predicted molar refractivity (Wildman–Crippen MR) is 84.8 cm³/mol. The van der Waals surface area contributed by atoms with Gasteiger partial charge in [-0.3, -0.25) is 9.59 Å². The van der Waals surface area contributed by atoms with Gasteiger partial charge >= 0.3 is 5.97 Å². The largest absolute Gasteiger partial charge is 0.465 e. The van der Waals surface area contributed by atoms with Gasteiger partial charge in [-0.1, -0.05) is 29.0 Å². The van der Waals surface area contributed by atoms with Crippen molar-refractivity contribution in [2.45, 2.75) is 26.3 Å². The van der Waals surface area contributed by atoms with Gasteiger partial charge < -0.3 is 9.30 Å². The number of hydrogen-bond acceptors (Lipinski definition) is 4. The highest BCUT2D eigenvalue weighted by Gasteiger charge is 2.29. The Balaban J connectivity index is 2.11. The zero-order chi connectivity index (χ0) is 15.7. The molecule has 1 aliphatic carbocycles. The molecular weight excluding hydrogens is 324 g/mol. The fourth-order valence-electron chi connectivity index (χ4n) is 2.17. The lowest BCUT2D eigenvalue weighted by Gasteiger charge is -2.06. The third kappa shape index (κ3) is 3.08. The van der Waals surface area contributed by atoms with Gasteiger partial charge in [0.15, 0.2) is 4.80 Å². The maximum atomic E-state index is 12.0. The molecule has 1 amide bonds.